The van der Waals surface area contributed by atoms with Crippen molar-refractivity contribution in [2.24, 2.45) is 0 Å². The molecule has 0 fully saturated rings. The third-order valence-electron chi connectivity index (χ3n) is 0.996. The van der Waals surface area contributed by atoms with Crippen molar-refractivity contribution in [1.82, 2.24) is 0 Å². The highest BCUT2D eigenvalue weighted by atomic mass is 16.5. The van der Waals surface area contributed by atoms with Crippen LogP contribution in [0.3, 0.4) is 0 Å². The van der Waals surface area contributed by atoms with Gasteiger partial charge in [0.15, 0.2) is 0 Å². The molecule has 0 N–H and O–H groups in total. The van der Waals surface area contributed by atoms with E-state index < -0.39 is 11.9 Å². The largest absolute Gasteiger partial charge is 0.432 e. The number of esters is 2. The molecular formula is C10H12O4. The molecule has 0 spiro atoms. The molecule has 0 aliphatic carbocycles. The smallest absolute Gasteiger partial charge is 0.335 e. The summed E-state index contributed by atoms with van der Waals surface area (Å²) in [5, 5.41) is 0. The highest BCUT2D eigenvalue weighted by Crippen LogP contribution is 1.87. The van der Waals surface area contributed by atoms with Gasteiger partial charge in [-0.3, -0.25) is 0 Å². The zero-order valence-corrected chi connectivity index (χ0v) is 8.10. The minimum atomic E-state index is -0.625. The maximum absolute atomic E-state index is 10.8. The van der Waals surface area contributed by atoms with Crippen LogP contribution in [0.25, 0.3) is 0 Å². The lowest BCUT2D eigenvalue weighted by Crippen LogP contribution is -1.98. The summed E-state index contributed by atoms with van der Waals surface area (Å²) in [6.45, 7) is 3.41. The Morgan fingerprint density at radius 2 is 1.21 bits per heavy atom. The molecule has 76 valence electrons. The van der Waals surface area contributed by atoms with E-state index in [1.165, 1.54) is 12.5 Å². The first-order valence-electron chi connectivity index (χ1n) is 4.02. The van der Waals surface area contributed by atoms with Gasteiger partial charge in [0.2, 0.25) is 0 Å². The molecule has 0 aromatic heterocycles. The predicted octanol–water partition coefficient (Wildman–Crippen LogP) is 1.70. The van der Waals surface area contributed by atoms with Crippen LogP contribution in [0.4, 0.5) is 0 Å². The van der Waals surface area contributed by atoms with Crippen LogP contribution < -0.4 is 0 Å². The van der Waals surface area contributed by atoms with Gasteiger partial charge in [-0.25, -0.2) is 9.59 Å². The van der Waals surface area contributed by atoms with Gasteiger partial charge in [0.25, 0.3) is 0 Å². The fourth-order valence-corrected chi connectivity index (χ4v) is 0.485. The number of hydrogen-bond donors (Lipinski definition) is 0. The number of hydrogen-bond acceptors (Lipinski definition) is 4. The SMILES string of the molecule is CC=COC(=O)C=CC(=O)OC=CC. The molecule has 4 nitrogen and oxygen atoms in total. The summed E-state index contributed by atoms with van der Waals surface area (Å²) in [6, 6.07) is 0. The lowest BCUT2D eigenvalue weighted by atomic mass is 10.5. The fourth-order valence-electron chi connectivity index (χ4n) is 0.485. The summed E-state index contributed by atoms with van der Waals surface area (Å²) in [7, 11) is 0. The molecule has 0 unspecified atom stereocenters. The minimum absolute atomic E-state index is 0.625. The molecule has 14 heavy (non-hydrogen) atoms. The van der Waals surface area contributed by atoms with Crippen LogP contribution in [-0.4, -0.2) is 11.9 Å². The monoisotopic (exact) mass is 196 g/mol. The van der Waals surface area contributed by atoms with Gasteiger partial charge >= 0.3 is 11.9 Å². The second-order valence-corrected chi connectivity index (χ2v) is 2.15. The van der Waals surface area contributed by atoms with Crippen molar-refractivity contribution in [2.45, 2.75) is 13.8 Å². The number of ether oxygens (including phenoxy) is 2. The topological polar surface area (TPSA) is 52.6 Å². The van der Waals surface area contributed by atoms with Crippen LogP contribution in [0, 0.1) is 0 Å². The van der Waals surface area contributed by atoms with Crippen LogP contribution in [0.5, 0.6) is 0 Å². The standard InChI is InChI=1S/C10H12O4/c1-3-7-13-9(11)5-6-10(12)14-8-4-2/h3-8H,1-2H3. The predicted molar refractivity (Wildman–Crippen MR) is 51.0 cm³/mol. The second kappa shape index (κ2) is 7.79. The summed E-state index contributed by atoms with van der Waals surface area (Å²) >= 11 is 0. The lowest BCUT2D eigenvalue weighted by molar-refractivity contribution is -0.135. The van der Waals surface area contributed by atoms with E-state index in [1.54, 1.807) is 26.0 Å². The minimum Gasteiger partial charge on any atom is -0.432 e. The Balaban J connectivity index is 3.91. The number of rotatable bonds is 4. The zero-order chi connectivity index (χ0) is 10.8. The van der Waals surface area contributed by atoms with E-state index in [9.17, 15) is 9.59 Å². The Hall–Kier alpha value is -1.84. The second-order valence-electron chi connectivity index (χ2n) is 2.15. The molecule has 0 radical (unpaired) electrons. The van der Waals surface area contributed by atoms with E-state index in [0.717, 1.165) is 12.2 Å². The van der Waals surface area contributed by atoms with Crippen molar-refractivity contribution < 1.29 is 19.1 Å². The number of carbonyl (C=O) groups excluding carboxylic acids is 2. The normalized spacial score (nSPS) is 11.3. The van der Waals surface area contributed by atoms with E-state index in [0.29, 0.717) is 0 Å². The number of carbonyl (C=O) groups is 2. The maximum atomic E-state index is 10.8. The fraction of sp³-hybridized carbons (Fsp3) is 0.200. The van der Waals surface area contributed by atoms with Gasteiger partial charge in [-0.2, -0.15) is 0 Å². The van der Waals surface area contributed by atoms with Gasteiger partial charge in [-0.1, -0.05) is 12.2 Å². The Labute approximate surface area is 82.5 Å². The molecule has 0 atom stereocenters. The molecule has 4 heteroatoms. The Morgan fingerprint density at radius 1 is 0.857 bits per heavy atom. The first-order chi connectivity index (χ1) is 6.70. The molecular weight excluding hydrogens is 184 g/mol. The summed E-state index contributed by atoms with van der Waals surface area (Å²) in [6.07, 6.45) is 7.55. The van der Waals surface area contributed by atoms with E-state index in [-0.39, 0.29) is 0 Å². The van der Waals surface area contributed by atoms with E-state index >= 15 is 0 Å². The average molecular weight is 196 g/mol. The summed E-state index contributed by atoms with van der Waals surface area (Å²) in [4.78, 5) is 21.6. The van der Waals surface area contributed by atoms with Crippen molar-refractivity contribution >= 4 is 11.9 Å². The molecule has 0 saturated carbocycles. The highest BCUT2D eigenvalue weighted by Gasteiger charge is 1.96. The van der Waals surface area contributed by atoms with Gasteiger partial charge in [-0.15, -0.1) is 0 Å². The van der Waals surface area contributed by atoms with Crippen LogP contribution in [-0.2, 0) is 19.1 Å². The summed E-state index contributed by atoms with van der Waals surface area (Å²) in [5.74, 6) is -1.25. The van der Waals surface area contributed by atoms with Gasteiger partial charge in [0.1, 0.15) is 0 Å². The van der Waals surface area contributed by atoms with Gasteiger partial charge in [0, 0.05) is 12.2 Å². The van der Waals surface area contributed by atoms with Crippen LogP contribution in [0.15, 0.2) is 36.8 Å². The molecule has 0 aliphatic heterocycles. The first kappa shape index (κ1) is 12.2. The Kier molecular flexibility index (Phi) is 6.77. The van der Waals surface area contributed by atoms with Crippen LogP contribution in [0.1, 0.15) is 13.8 Å². The zero-order valence-electron chi connectivity index (χ0n) is 8.10. The van der Waals surface area contributed by atoms with Crippen molar-refractivity contribution in [3.63, 3.8) is 0 Å². The van der Waals surface area contributed by atoms with E-state index in [1.807, 2.05) is 0 Å². The van der Waals surface area contributed by atoms with Gasteiger partial charge < -0.3 is 9.47 Å². The Bertz CT molecular complexity index is 246. The quantitative estimate of drug-likeness (QED) is 0.390. The third kappa shape index (κ3) is 6.84. The lowest BCUT2D eigenvalue weighted by Gasteiger charge is -1.92. The van der Waals surface area contributed by atoms with Crippen LogP contribution in [0.2, 0.25) is 0 Å². The summed E-state index contributed by atoms with van der Waals surface area (Å²) in [5.41, 5.74) is 0. The van der Waals surface area contributed by atoms with Crippen molar-refractivity contribution in [2.75, 3.05) is 0 Å². The molecule has 0 saturated heterocycles. The molecule has 0 amide bonds. The van der Waals surface area contributed by atoms with Crippen molar-refractivity contribution in [1.29, 1.82) is 0 Å². The molecule has 0 aromatic rings. The van der Waals surface area contributed by atoms with Crippen LogP contribution >= 0.6 is 0 Å². The van der Waals surface area contributed by atoms with E-state index in [2.05, 4.69) is 9.47 Å². The van der Waals surface area contributed by atoms with Gasteiger partial charge in [-0.05, 0) is 13.8 Å². The molecule has 0 aliphatic rings. The first-order valence-corrected chi connectivity index (χ1v) is 4.02. The van der Waals surface area contributed by atoms with Crippen molar-refractivity contribution in [3.05, 3.63) is 36.8 Å². The molecule has 0 bridgehead atoms. The molecule has 0 rings (SSSR count). The Morgan fingerprint density at radius 3 is 1.50 bits per heavy atom. The molecule has 0 heterocycles. The average Bonchev–Trinajstić information content (AvgIpc) is 2.20. The maximum Gasteiger partial charge on any atom is 0.335 e. The summed E-state index contributed by atoms with van der Waals surface area (Å²) < 4.78 is 9.03. The third-order valence-corrected chi connectivity index (χ3v) is 0.996. The van der Waals surface area contributed by atoms with Gasteiger partial charge in [0.05, 0.1) is 12.5 Å². The highest BCUT2D eigenvalue weighted by molar-refractivity contribution is 5.92. The molecule has 0 aromatic carbocycles. The van der Waals surface area contributed by atoms with Crippen molar-refractivity contribution in [3.8, 4) is 0 Å². The number of allylic oxidation sites excluding steroid dienone is 2. The van der Waals surface area contributed by atoms with E-state index in [4.69, 9.17) is 0 Å².